The van der Waals surface area contributed by atoms with Crippen LogP contribution in [0.25, 0.3) is 22.6 Å². The average molecular weight is 642 g/mol. The highest BCUT2D eigenvalue weighted by molar-refractivity contribution is 7.16. The van der Waals surface area contributed by atoms with Crippen LogP contribution in [0, 0.1) is 11.3 Å². The molecular weight excluding hydrogens is 599 g/mol. The maximum absolute atomic E-state index is 11.2. The van der Waals surface area contributed by atoms with Crippen LogP contribution in [-0.2, 0) is 18.3 Å². The number of nitrogens with two attached hydrogens (primary N) is 1. The van der Waals surface area contributed by atoms with Crippen LogP contribution in [0.15, 0.2) is 10.7 Å². The summed E-state index contributed by atoms with van der Waals surface area (Å²) in [4.78, 5) is 16.3. The molecule has 6 heterocycles. The zero-order valence-corrected chi connectivity index (χ0v) is 27.9. The van der Waals surface area contributed by atoms with Crippen molar-refractivity contribution < 1.29 is 9.63 Å². The molecule has 0 aromatic carbocycles. The molecule has 0 radical (unpaired) electrons. The Balaban J connectivity index is 1.30. The van der Waals surface area contributed by atoms with E-state index in [4.69, 9.17) is 30.5 Å². The number of aryl methyl sites for hydroxylation is 1. The van der Waals surface area contributed by atoms with Crippen molar-refractivity contribution in [1.82, 2.24) is 29.8 Å². The summed E-state index contributed by atoms with van der Waals surface area (Å²) < 4.78 is 8.42. The molecule has 4 atom stereocenters. The summed E-state index contributed by atoms with van der Waals surface area (Å²) in [6.07, 6.45) is 12.4. The molecule has 11 nitrogen and oxygen atoms in total. The first-order valence-corrected chi connectivity index (χ1v) is 17.8. The summed E-state index contributed by atoms with van der Waals surface area (Å²) in [6.45, 7) is 6.53. The van der Waals surface area contributed by atoms with Crippen molar-refractivity contribution in [3.63, 3.8) is 0 Å². The Hall–Kier alpha value is -3.53. The van der Waals surface area contributed by atoms with Gasteiger partial charge in [0.25, 0.3) is 0 Å². The van der Waals surface area contributed by atoms with Crippen molar-refractivity contribution in [3.8, 4) is 17.6 Å². The molecule has 2 saturated heterocycles. The van der Waals surface area contributed by atoms with Gasteiger partial charge in [0, 0.05) is 29.6 Å². The molecule has 8 rings (SSSR count). The molecule has 0 saturated carbocycles. The van der Waals surface area contributed by atoms with Crippen LogP contribution in [0.5, 0.6) is 0 Å². The maximum Gasteiger partial charge on any atom is 0.186 e. The Kier molecular flexibility index (Phi) is 7.16. The van der Waals surface area contributed by atoms with Gasteiger partial charge in [-0.3, -0.25) is 0 Å². The quantitative estimate of drug-likeness (QED) is 0.299. The van der Waals surface area contributed by atoms with Gasteiger partial charge in [-0.05, 0) is 104 Å². The number of aromatic nitrogens is 5. The van der Waals surface area contributed by atoms with Gasteiger partial charge in [0.1, 0.15) is 16.9 Å². The number of nitrogens with zero attached hydrogens (tertiary/aromatic N) is 8. The fourth-order valence-corrected chi connectivity index (χ4v) is 10.2. The van der Waals surface area contributed by atoms with E-state index in [1.165, 1.54) is 11.3 Å². The SMILES string of the molecule is C[C@@H]([C@@H]1CCCN1C)n1ncc2c(N3CCCC[C@@](C)(O)C3)nc(-c3noc4c3CCC[C@@]43CCCc4sc(N)c(C#N)c43)nc21. The Morgan fingerprint density at radius 3 is 2.74 bits per heavy atom. The highest BCUT2D eigenvalue weighted by atomic mass is 32.1. The van der Waals surface area contributed by atoms with Crippen LogP contribution >= 0.6 is 11.3 Å². The van der Waals surface area contributed by atoms with Gasteiger partial charge >= 0.3 is 0 Å². The number of likely N-dealkylation sites (tertiary alicyclic amines) is 1. The van der Waals surface area contributed by atoms with Crippen LogP contribution < -0.4 is 10.6 Å². The smallest absolute Gasteiger partial charge is 0.186 e. The number of nitrogen functional groups attached to an aromatic ring is 1. The zero-order valence-electron chi connectivity index (χ0n) is 27.1. The fourth-order valence-electron chi connectivity index (χ4n) is 9.04. The summed E-state index contributed by atoms with van der Waals surface area (Å²) in [6, 6.07) is 2.91. The summed E-state index contributed by atoms with van der Waals surface area (Å²) in [5.41, 5.74) is 9.32. The van der Waals surface area contributed by atoms with Gasteiger partial charge < -0.3 is 25.2 Å². The number of β-amino-alcohol motifs (C(OH)–C–C–N with tert-alkyl or cyclic N) is 1. The topological polar surface area (TPSA) is 146 Å². The lowest BCUT2D eigenvalue weighted by Gasteiger charge is -2.39. The highest BCUT2D eigenvalue weighted by Crippen LogP contribution is 2.55. The zero-order chi connectivity index (χ0) is 31.8. The predicted octanol–water partition coefficient (Wildman–Crippen LogP) is 5.35. The van der Waals surface area contributed by atoms with Crippen molar-refractivity contribution in [2.75, 3.05) is 37.3 Å². The minimum absolute atomic E-state index is 0.122. The van der Waals surface area contributed by atoms with Crippen LogP contribution in [0.4, 0.5) is 10.8 Å². The Bertz CT molecular complexity index is 1850. The van der Waals surface area contributed by atoms with Crippen LogP contribution in [0.2, 0.25) is 0 Å². The Morgan fingerprint density at radius 2 is 1.96 bits per heavy atom. The summed E-state index contributed by atoms with van der Waals surface area (Å²) >= 11 is 1.55. The summed E-state index contributed by atoms with van der Waals surface area (Å²) in [5, 5.41) is 32.5. The van der Waals surface area contributed by atoms with Gasteiger partial charge in [0.15, 0.2) is 22.9 Å². The Morgan fingerprint density at radius 1 is 1.13 bits per heavy atom. The largest absolute Gasteiger partial charge is 0.389 e. The van der Waals surface area contributed by atoms with Crippen LogP contribution in [0.1, 0.15) is 105 Å². The molecule has 0 bridgehead atoms. The molecule has 1 spiro atoms. The third-order valence-corrected chi connectivity index (χ3v) is 12.3. The first kappa shape index (κ1) is 29.8. The number of hydrogen-bond donors (Lipinski definition) is 2. The first-order chi connectivity index (χ1) is 22.2. The second-order valence-corrected chi connectivity index (χ2v) is 15.5. The number of anilines is 2. The minimum Gasteiger partial charge on any atom is -0.389 e. The molecule has 242 valence electrons. The fraction of sp³-hybridized carbons (Fsp3) is 0.618. The third-order valence-electron chi connectivity index (χ3n) is 11.2. The monoisotopic (exact) mass is 641 g/mol. The van der Waals surface area contributed by atoms with E-state index >= 15 is 0 Å². The van der Waals surface area contributed by atoms with Crippen molar-refractivity contribution in [2.24, 2.45) is 0 Å². The van der Waals surface area contributed by atoms with Crippen molar-refractivity contribution in [1.29, 1.82) is 5.26 Å². The number of nitriles is 1. The second-order valence-electron chi connectivity index (χ2n) is 14.4. The molecule has 4 aromatic heterocycles. The lowest BCUT2D eigenvalue weighted by molar-refractivity contribution is 0.0612. The van der Waals surface area contributed by atoms with Gasteiger partial charge in [-0.2, -0.15) is 10.4 Å². The third kappa shape index (κ3) is 4.57. The van der Waals surface area contributed by atoms with Crippen molar-refractivity contribution in [2.45, 2.75) is 108 Å². The van der Waals surface area contributed by atoms with Gasteiger partial charge in [-0.1, -0.05) is 5.16 Å². The van der Waals surface area contributed by atoms with E-state index < -0.39 is 11.0 Å². The average Bonchev–Trinajstić information content (AvgIpc) is 3.81. The van der Waals surface area contributed by atoms with Crippen LogP contribution in [0.3, 0.4) is 0 Å². The number of rotatable bonds is 4. The first-order valence-electron chi connectivity index (χ1n) is 16.9. The van der Waals surface area contributed by atoms with E-state index in [2.05, 4.69) is 34.5 Å². The summed E-state index contributed by atoms with van der Waals surface area (Å²) in [7, 11) is 2.19. The normalized spacial score (nSPS) is 27.5. The molecule has 4 aromatic rings. The molecule has 2 aliphatic carbocycles. The van der Waals surface area contributed by atoms with E-state index in [1.54, 1.807) is 11.3 Å². The standard InChI is InChI=1S/C34H43N9O2S/c1-20(24-10-8-15-41(24)3)43-32-23(18-37-43)31(42-16-5-4-12-33(2,44)19-42)38-30(39-32)27-21-9-6-13-34(28(21)45-40-27)14-7-11-25-26(34)22(17-35)29(36)46-25/h18,20,24,44H,4-16,19,36H2,1-3H3/t20-,24-,33+,34-/m0/s1. The van der Waals surface area contributed by atoms with Gasteiger partial charge in [-0.15, -0.1) is 11.3 Å². The molecule has 2 fully saturated rings. The molecule has 2 aliphatic heterocycles. The highest BCUT2D eigenvalue weighted by Gasteiger charge is 2.49. The second kappa shape index (κ2) is 11.0. The predicted molar refractivity (Wildman–Crippen MR) is 178 cm³/mol. The molecular formula is C34H43N9O2S. The molecule has 0 unspecified atom stereocenters. The van der Waals surface area contributed by atoms with Gasteiger partial charge in [0.05, 0.1) is 34.2 Å². The van der Waals surface area contributed by atoms with E-state index in [9.17, 15) is 10.4 Å². The van der Waals surface area contributed by atoms with Crippen molar-refractivity contribution in [3.05, 3.63) is 33.5 Å². The molecule has 0 amide bonds. The van der Waals surface area contributed by atoms with Crippen molar-refractivity contribution >= 4 is 33.2 Å². The maximum atomic E-state index is 11.2. The summed E-state index contributed by atoms with van der Waals surface area (Å²) in [5.74, 6) is 2.17. The number of fused-ring (bicyclic) bond motifs is 5. The van der Waals surface area contributed by atoms with Gasteiger partial charge in [-0.25, -0.2) is 14.6 Å². The van der Waals surface area contributed by atoms with E-state index in [0.717, 1.165) is 111 Å². The van der Waals surface area contributed by atoms with Crippen LogP contribution in [-0.4, -0.2) is 73.2 Å². The lowest BCUT2D eigenvalue weighted by Crippen LogP contribution is -2.39. The number of hydrogen-bond acceptors (Lipinski definition) is 11. The molecule has 12 heteroatoms. The van der Waals surface area contributed by atoms with E-state index in [0.29, 0.717) is 34.7 Å². The van der Waals surface area contributed by atoms with E-state index in [1.807, 2.05) is 13.1 Å². The Labute approximate surface area is 273 Å². The molecule has 3 N–H and O–H groups in total. The van der Waals surface area contributed by atoms with E-state index in [-0.39, 0.29) is 6.04 Å². The number of likely N-dealkylation sites (N-methyl/N-ethyl adjacent to an activating group) is 1. The van der Waals surface area contributed by atoms with Gasteiger partial charge in [0.2, 0.25) is 0 Å². The molecule has 4 aliphatic rings. The lowest BCUT2D eigenvalue weighted by atomic mass is 9.63. The molecule has 46 heavy (non-hydrogen) atoms. The number of thiophene rings is 1. The number of aliphatic hydroxyl groups is 1. The minimum atomic E-state index is -0.817.